The van der Waals surface area contributed by atoms with Crippen molar-refractivity contribution in [1.82, 2.24) is 9.78 Å². The Morgan fingerprint density at radius 2 is 1.77 bits per heavy atom. The van der Waals surface area contributed by atoms with Gasteiger partial charge in [0.05, 0.1) is 5.69 Å². The van der Waals surface area contributed by atoms with Gasteiger partial charge >= 0.3 is 5.97 Å². The van der Waals surface area contributed by atoms with Gasteiger partial charge in [-0.25, -0.2) is 18.3 Å². The van der Waals surface area contributed by atoms with Gasteiger partial charge in [0.1, 0.15) is 17.4 Å². The number of rotatable bonds is 3. The van der Waals surface area contributed by atoms with Crippen molar-refractivity contribution in [3.05, 3.63) is 77.1 Å². The molecule has 0 N–H and O–H groups in total. The number of carbonyl (C=O) groups is 1. The molecule has 0 saturated heterocycles. The molecule has 1 aromatic heterocycles. The van der Waals surface area contributed by atoms with Gasteiger partial charge in [-0.2, -0.15) is 5.10 Å². The predicted octanol–water partition coefficient (Wildman–Crippen LogP) is 4.25. The lowest BCUT2D eigenvalue weighted by atomic mass is 9.95. The summed E-state index contributed by atoms with van der Waals surface area (Å²) in [6, 6.07) is 11.4. The smallest absolute Gasteiger partial charge is 0.364 e. The lowest BCUT2D eigenvalue weighted by Gasteiger charge is -2.14. The number of nitrogens with zero attached hydrogens (tertiary/aromatic N) is 2. The molecule has 3 aromatic rings. The zero-order valence-electron chi connectivity index (χ0n) is 13.9. The molecule has 1 aliphatic rings. The van der Waals surface area contributed by atoms with Crippen LogP contribution in [0.1, 0.15) is 34.6 Å². The van der Waals surface area contributed by atoms with E-state index >= 15 is 0 Å². The largest absolute Gasteiger partial charge is 0.422 e. The van der Waals surface area contributed by atoms with Crippen LogP contribution in [-0.4, -0.2) is 15.7 Å². The molecule has 0 spiro atoms. The molecule has 4 nitrogen and oxygen atoms in total. The Morgan fingerprint density at radius 3 is 2.54 bits per heavy atom. The van der Waals surface area contributed by atoms with Gasteiger partial charge in [-0.05, 0) is 62.1 Å². The molecule has 1 aliphatic carbocycles. The van der Waals surface area contributed by atoms with Crippen LogP contribution >= 0.6 is 0 Å². The maximum atomic E-state index is 13.3. The van der Waals surface area contributed by atoms with Gasteiger partial charge in [0.25, 0.3) is 0 Å². The Morgan fingerprint density at radius 1 is 1.00 bits per heavy atom. The molecule has 0 aliphatic heterocycles. The molecule has 2 aromatic carbocycles. The van der Waals surface area contributed by atoms with Crippen LogP contribution < -0.4 is 4.74 Å². The molecule has 0 unspecified atom stereocenters. The highest BCUT2D eigenvalue weighted by atomic mass is 19.1. The summed E-state index contributed by atoms with van der Waals surface area (Å²) >= 11 is 0. The number of halogens is 2. The van der Waals surface area contributed by atoms with Crippen LogP contribution in [0, 0.1) is 11.6 Å². The van der Waals surface area contributed by atoms with Crippen LogP contribution in [-0.2, 0) is 12.8 Å². The Hall–Kier alpha value is -3.02. The third-order valence-corrected chi connectivity index (χ3v) is 4.45. The second-order valence-corrected chi connectivity index (χ2v) is 6.22. The Kier molecular flexibility index (Phi) is 4.24. The third kappa shape index (κ3) is 3.10. The highest BCUT2D eigenvalue weighted by molar-refractivity contribution is 5.91. The van der Waals surface area contributed by atoms with E-state index in [9.17, 15) is 13.6 Å². The van der Waals surface area contributed by atoms with Crippen molar-refractivity contribution in [3.63, 3.8) is 0 Å². The summed E-state index contributed by atoms with van der Waals surface area (Å²) in [5.74, 6) is -1.29. The predicted molar refractivity (Wildman–Crippen MR) is 91.5 cm³/mol. The van der Waals surface area contributed by atoms with Crippen molar-refractivity contribution < 1.29 is 18.3 Å². The zero-order chi connectivity index (χ0) is 18.1. The van der Waals surface area contributed by atoms with Gasteiger partial charge in [-0.3, -0.25) is 0 Å². The van der Waals surface area contributed by atoms with Crippen LogP contribution in [0.5, 0.6) is 5.75 Å². The van der Waals surface area contributed by atoms with E-state index in [1.54, 1.807) is 16.8 Å². The second kappa shape index (κ2) is 6.71. The van der Waals surface area contributed by atoms with Crippen molar-refractivity contribution in [2.75, 3.05) is 0 Å². The average Bonchev–Trinajstić information content (AvgIpc) is 3.02. The van der Waals surface area contributed by atoms with Crippen LogP contribution in [0.3, 0.4) is 0 Å². The summed E-state index contributed by atoms with van der Waals surface area (Å²) in [6.07, 6.45) is 3.47. The van der Waals surface area contributed by atoms with E-state index in [1.807, 2.05) is 0 Å². The van der Waals surface area contributed by atoms with Gasteiger partial charge in [0.15, 0.2) is 5.69 Å². The summed E-state index contributed by atoms with van der Waals surface area (Å²) in [7, 11) is 0. The first kappa shape index (κ1) is 16.4. The minimum Gasteiger partial charge on any atom is -0.422 e. The molecule has 0 saturated carbocycles. The van der Waals surface area contributed by atoms with Crippen molar-refractivity contribution in [2.45, 2.75) is 25.7 Å². The molecule has 0 amide bonds. The minimum atomic E-state index is -0.616. The number of ether oxygens (including phenoxy) is 1. The maximum absolute atomic E-state index is 13.3. The minimum absolute atomic E-state index is 0.135. The van der Waals surface area contributed by atoms with E-state index in [0.717, 1.165) is 43.0 Å². The molecule has 0 bridgehead atoms. The molecule has 0 fully saturated rings. The fourth-order valence-corrected chi connectivity index (χ4v) is 3.24. The topological polar surface area (TPSA) is 44.1 Å². The molecular weight excluding hydrogens is 338 g/mol. The van der Waals surface area contributed by atoms with E-state index in [1.165, 1.54) is 30.3 Å². The summed E-state index contributed by atoms with van der Waals surface area (Å²) in [6.45, 7) is 0. The molecule has 26 heavy (non-hydrogen) atoms. The van der Waals surface area contributed by atoms with Crippen LogP contribution in [0.2, 0.25) is 0 Å². The molecule has 6 heteroatoms. The van der Waals surface area contributed by atoms with E-state index in [2.05, 4.69) is 5.10 Å². The van der Waals surface area contributed by atoms with Crippen molar-refractivity contribution in [1.29, 1.82) is 0 Å². The lowest BCUT2D eigenvalue weighted by molar-refractivity contribution is 0.0726. The van der Waals surface area contributed by atoms with E-state index < -0.39 is 11.8 Å². The lowest BCUT2D eigenvalue weighted by Crippen LogP contribution is -2.13. The Labute approximate surface area is 149 Å². The summed E-state index contributed by atoms with van der Waals surface area (Å²) < 4.78 is 33.5. The van der Waals surface area contributed by atoms with Crippen molar-refractivity contribution in [3.8, 4) is 11.4 Å². The monoisotopic (exact) mass is 354 g/mol. The first-order chi connectivity index (χ1) is 12.6. The number of carbonyl (C=O) groups excluding carboxylic acids is 1. The van der Waals surface area contributed by atoms with Gasteiger partial charge < -0.3 is 4.74 Å². The number of esters is 1. The highest BCUT2D eigenvalue weighted by Gasteiger charge is 2.27. The number of benzene rings is 2. The van der Waals surface area contributed by atoms with Crippen LogP contribution in [0.25, 0.3) is 5.69 Å². The normalized spacial score (nSPS) is 13.3. The maximum Gasteiger partial charge on any atom is 0.364 e. The van der Waals surface area contributed by atoms with Crippen molar-refractivity contribution in [2.24, 2.45) is 0 Å². The second-order valence-electron chi connectivity index (χ2n) is 6.22. The third-order valence-electron chi connectivity index (χ3n) is 4.45. The zero-order valence-corrected chi connectivity index (χ0v) is 13.9. The van der Waals surface area contributed by atoms with Gasteiger partial charge in [0.2, 0.25) is 0 Å². The van der Waals surface area contributed by atoms with Gasteiger partial charge in [-0.1, -0.05) is 6.07 Å². The number of hydrogen-bond donors (Lipinski definition) is 0. The Bertz CT molecular complexity index is 964. The first-order valence-electron chi connectivity index (χ1n) is 8.46. The summed E-state index contributed by atoms with van der Waals surface area (Å²) in [4.78, 5) is 12.6. The number of hydrogen-bond acceptors (Lipinski definition) is 3. The number of fused-ring (bicyclic) bond motifs is 1. The molecule has 0 radical (unpaired) electrons. The molecule has 132 valence electrons. The summed E-state index contributed by atoms with van der Waals surface area (Å²) in [5, 5.41) is 4.44. The van der Waals surface area contributed by atoms with Gasteiger partial charge in [0, 0.05) is 17.3 Å². The summed E-state index contributed by atoms with van der Waals surface area (Å²) in [5.41, 5.74) is 2.71. The van der Waals surface area contributed by atoms with E-state index in [-0.39, 0.29) is 17.3 Å². The molecule has 4 rings (SSSR count). The van der Waals surface area contributed by atoms with E-state index in [4.69, 9.17) is 4.74 Å². The molecule has 0 atom stereocenters. The first-order valence-corrected chi connectivity index (χ1v) is 8.46. The average molecular weight is 354 g/mol. The molecular formula is C20H16F2N2O2. The quantitative estimate of drug-likeness (QED) is 0.522. The fourth-order valence-electron chi connectivity index (χ4n) is 3.24. The van der Waals surface area contributed by atoms with Crippen LogP contribution in [0.15, 0.2) is 48.5 Å². The molecule has 1 heterocycles. The fraction of sp³-hybridized carbons (Fsp3) is 0.200. The van der Waals surface area contributed by atoms with Crippen molar-refractivity contribution >= 4 is 5.97 Å². The standard InChI is InChI=1S/C20H16F2N2O2/c21-13-8-10-15(11-9-13)24-18-7-2-1-6-17(18)19(23-24)20(25)26-16-5-3-4-14(22)12-16/h3-5,8-12H,1-2,6-7H2. The van der Waals surface area contributed by atoms with E-state index in [0.29, 0.717) is 5.69 Å². The van der Waals surface area contributed by atoms with Crippen LogP contribution in [0.4, 0.5) is 8.78 Å². The van der Waals surface area contributed by atoms with Gasteiger partial charge in [-0.15, -0.1) is 0 Å². The highest BCUT2D eigenvalue weighted by Crippen LogP contribution is 2.28. The number of aromatic nitrogens is 2. The Balaban J connectivity index is 1.72. The SMILES string of the molecule is O=C(Oc1cccc(F)c1)c1nn(-c2ccc(F)cc2)c2c1CCCC2.